The smallest absolute Gasteiger partial charge is 0.224 e. The number of carbonyl (C=O) groups excluding carboxylic acids is 1. The fraction of sp³-hybridized carbons (Fsp3) is 0.444. The van der Waals surface area contributed by atoms with Crippen molar-refractivity contribution in [2.24, 2.45) is 0 Å². The zero-order chi connectivity index (χ0) is 9.52. The number of hydrogen-bond acceptors (Lipinski definition) is 2. The molecule has 2 nitrogen and oxygen atoms in total. The average Bonchev–Trinajstić information content (AvgIpc) is 2.57. The summed E-state index contributed by atoms with van der Waals surface area (Å²) in [6.45, 7) is 0. The van der Waals surface area contributed by atoms with E-state index in [2.05, 4.69) is 5.32 Å². The number of carbonyl (C=O) groups is 1. The highest BCUT2D eigenvalue weighted by atomic mass is 35.5. The third-order valence-electron chi connectivity index (χ3n) is 1.59. The summed E-state index contributed by atoms with van der Waals surface area (Å²) in [6, 6.07) is 1.89. The molecule has 0 atom stereocenters. The highest BCUT2D eigenvalue weighted by molar-refractivity contribution is 7.08. The fourth-order valence-corrected chi connectivity index (χ4v) is 1.72. The summed E-state index contributed by atoms with van der Waals surface area (Å²) in [6.07, 6.45) is 2.32. The Hall–Kier alpha value is -0.540. The maximum absolute atomic E-state index is 11.2. The minimum atomic E-state index is 0.0727. The first-order chi connectivity index (χ1) is 6.33. The summed E-state index contributed by atoms with van der Waals surface area (Å²) in [5.41, 5.74) is 0.890. The van der Waals surface area contributed by atoms with Crippen LogP contribution in [0.1, 0.15) is 19.3 Å². The molecule has 0 spiro atoms. The van der Waals surface area contributed by atoms with Gasteiger partial charge in [0.1, 0.15) is 0 Å². The molecular weight excluding hydrogens is 206 g/mol. The summed E-state index contributed by atoms with van der Waals surface area (Å²) in [4.78, 5) is 11.2. The van der Waals surface area contributed by atoms with E-state index in [4.69, 9.17) is 11.6 Å². The van der Waals surface area contributed by atoms with Gasteiger partial charge in [0.15, 0.2) is 0 Å². The molecule has 0 aromatic carbocycles. The highest BCUT2D eigenvalue weighted by Crippen LogP contribution is 2.12. The van der Waals surface area contributed by atoms with Crippen LogP contribution in [0, 0.1) is 0 Å². The molecule has 72 valence electrons. The Morgan fingerprint density at radius 1 is 1.54 bits per heavy atom. The lowest BCUT2D eigenvalue weighted by molar-refractivity contribution is -0.116. The van der Waals surface area contributed by atoms with Crippen LogP contribution in [0.2, 0.25) is 0 Å². The Kier molecular flexibility index (Phi) is 4.86. The van der Waals surface area contributed by atoms with Gasteiger partial charge in [-0.05, 0) is 24.3 Å². The van der Waals surface area contributed by atoms with Gasteiger partial charge >= 0.3 is 0 Å². The maximum atomic E-state index is 11.2. The van der Waals surface area contributed by atoms with Gasteiger partial charge in [0, 0.05) is 17.7 Å². The first-order valence-electron chi connectivity index (χ1n) is 4.21. The molecule has 0 fully saturated rings. The monoisotopic (exact) mass is 217 g/mol. The van der Waals surface area contributed by atoms with Crippen molar-refractivity contribution in [2.45, 2.75) is 19.3 Å². The fourth-order valence-electron chi connectivity index (χ4n) is 0.939. The van der Waals surface area contributed by atoms with Crippen molar-refractivity contribution in [2.75, 3.05) is 11.2 Å². The Morgan fingerprint density at radius 2 is 2.38 bits per heavy atom. The molecule has 13 heavy (non-hydrogen) atoms. The molecule has 1 aromatic heterocycles. The van der Waals surface area contributed by atoms with Crippen LogP contribution in [0.15, 0.2) is 16.8 Å². The summed E-state index contributed by atoms with van der Waals surface area (Å²) in [5, 5.41) is 6.66. The van der Waals surface area contributed by atoms with Crippen molar-refractivity contribution in [1.29, 1.82) is 0 Å². The van der Waals surface area contributed by atoms with Crippen molar-refractivity contribution in [3.8, 4) is 0 Å². The number of thiophene rings is 1. The van der Waals surface area contributed by atoms with Gasteiger partial charge in [0.05, 0.1) is 5.69 Å². The lowest BCUT2D eigenvalue weighted by atomic mass is 10.2. The van der Waals surface area contributed by atoms with Crippen LogP contribution in [0.3, 0.4) is 0 Å². The predicted molar refractivity (Wildman–Crippen MR) is 57.5 cm³/mol. The molecule has 0 saturated heterocycles. The number of nitrogens with one attached hydrogen (secondary N) is 1. The standard InChI is InChI=1S/C9H12ClNOS/c10-5-2-1-3-9(12)11-8-4-6-13-7-8/h4,6-7H,1-3,5H2,(H,11,12). The van der Waals surface area contributed by atoms with Crippen LogP contribution in [0.4, 0.5) is 5.69 Å². The molecule has 0 aliphatic rings. The van der Waals surface area contributed by atoms with E-state index in [9.17, 15) is 4.79 Å². The quantitative estimate of drug-likeness (QED) is 0.596. The molecule has 1 amide bonds. The molecule has 0 radical (unpaired) electrons. The number of halogens is 1. The van der Waals surface area contributed by atoms with Crippen LogP contribution in [0.5, 0.6) is 0 Å². The Balaban J connectivity index is 2.18. The molecule has 0 unspecified atom stereocenters. The van der Waals surface area contributed by atoms with Gasteiger partial charge in [-0.1, -0.05) is 0 Å². The van der Waals surface area contributed by atoms with E-state index in [1.165, 1.54) is 0 Å². The zero-order valence-corrected chi connectivity index (χ0v) is 8.83. The maximum Gasteiger partial charge on any atom is 0.224 e. The van der Waals surface area contributed by atoms with Gasteiger partial charge in [0.2, 0.25) is 5.91 Å². The van der Waals surface area contributed by atoms with Crippen molar-refractivity contribution < 1.29 is 4.79 Å². The number of amides is 1. The van der Waals surface area contributed by atoms with E-state index in [1.807, 2.05) is 16.8 Å². The predicted octanol–water partition coefficient (Wildman–Crippen LogP) is 3.10. The second-order valence-corrected chi connectivity index (χ2v) is 3.86. The minimum Gasteiger partial charge on any atom is -0.325 e. The van der Waals surface area contributed by atoms with Crippen LogP contribution in [0.25, 0.3) is 0 Å². The van der Waals surface area contributed by atoms with Crippen molar-refractivity contribution in [3.05, 3.63) is 16.8 Å². The Morgan fingerprint density at radius 3 is 3.00 bits per heavy atom. The van der Waals surface area contributed by atoms with E-state index in [0.717, 1.165) is 18.5 Å². The molecule has 0 aliphatic carbocycles. The first kappa shape index (κ1) is 10.5. The molecule has 1 N–H and O–H groups in total. The van der Waals surface area contributed by atoms with E-state index < -0.39 is 0 Å². The van der Waals surface area contributed by atoms with Crippen molar-refractivity contribution in [1.82, 2.24) is 0 Å². The third-order valence-corrected chi connectivity index (χ3v) is 2.54. The van der Waals surface area contributed by atoms with Gasteiger partial charge in [-0.3, -0.25) is 4.79 Å². The van der Waals surface area contributed by atoms with Gasteiger partial charge in [-0.25, -0.2) is 0 Å². The third kappa shape index (κ3) is 4.29. The Bertz CT molecular complexity index is 248. The van der Waals surface area contributed by atoms with Gasteiger partial charge in [-0.15, -0.1) is 11.6 Å². The van der Waals surface area contributed by atoms with Crippen molar-refractivity contribution in [3.63, 3.8) is 0 Å². The second-order valence-electron chi connectivity index (χ2n) is 2.71. The molecule has 4 heteroatoms. The normalized spacial score (nSPS) is 9.92. The molecule has 0 saturated carbocycles. The lowest BCUT2D eigenvalue weighted by Gasteiger charge is -2.00. The van der Waals surface area contributed by atoms with Crippen LogP contribution in [-0.4, -0.2) is 11.8 Å². The number of rotatable bonds is 5. The minimum absolute atomic E-state index is 0.0727. The molecule has 0 aliphatic heterocycles. The van der Waals surface area contributed by atoms with Crippen LogP contribution < -0.4 is 5.32 Å². The number of hydrogen-bond donors (Lipinski definition) is 1. The molecular formula is C9H12ClNOS. The summed E-state index contributed by atoms with van der Waals surface area (Å²) >= 11 is 7.07. The zero-order valence-electron chi connectivity index (χ0n) is 7.25. The SMILES string of the molecule is O=C(CCCCCl)Nc1ccsc1. The number of alkyl halides is 1. The van der Waals surface area contributed by atoms with E-state index in [0.29, 0.717) is 12.3 Å². The van der Waals surface area contributed by atoms with Gasteiger partial charge in [-0.2, -0.15) is 11.3 Å². The lowest BCUT2D eigenvalue weighted by Crippen LogP contribution is -2.10. The van der Waals surface area contributed by atoms with Gasteiger partial charge < -0.3 is 5.32 Å². The number of anilines is 1. The molecule has 1 heterocycles. The van der Waals surface area contributed by atoms with Crippen LogP contribution in [-0.2, 0) is 4.79 Å². The summed E-state index contributed by atoms with van der Waals surface area (Å²) in [7, 11) is 0. The van der Waals surface area contributed by atoms with E-state index >= 15 is 0 Å². The first-order valence-corrected chi connectivity index (χ1v) is 5.68. The van der Waals surface area contributed by atoms with Crippen LogP contribution >= 0.6 is 22.9 Å². The molecule has 1 rings (SSSR count). The summed E-state index contributed by atoms with van der Waals surface area (Å²) < 4.78 is 0. The second kappa shape index (κ2) is 6.00. The topological polar surface area (TPSA) is 29.1 Å². The molecule has 0 bridgehead atoms. The highest BCUT2D eigenvalue weighted by Gasteiger charge is 2.01. The number of unbranched alkanes of at least 4 members (excludes halogenated alkanes) is 1. The van der Waals surface area contributed by atoms with Crippen molar-refractivity contribution >= 4 is 34.5 Å². The largest absolute Gasteiger partial charge is 0.325 e. The van der Waals surface area contributed by atoms with E-state index in [1.54, 1.807) is 11.3 Å². The van der Waals surface area contributed by atoms with Gasteiger partial charge in [0.25, 0.3) is 0 Å². The molecule has 1 aromatic rings. The summed E-state index contributed by atoms with van der Waals surface area (Å²) in [5.74, 6) is 0.703. The Labute approximate surface area is 86.9 Å². The average molecular weight is 218 g/mol. The van der Waals surface area contributed by atoms with E-state index in [-0.39, 0.29) is 5.91 Å².